The molecule has 0 bridgehead atoms. The molecule has 4 heteroatoms. The summed E-state index contributed by atoms with van der Waals surface area (Å²) >= 11 is 0. The second-order valence-corrected chi connectivity index (χ2v) is 6.66. The Hall–Kier alpha value is -3.27. The number of amides is 1. The van der Waals surface area contributed by atoms with Crippen molar-refractivity contribution in [2.45, 2.75) is 26.9 Å². The molecule has 3 aromatic rings. The smallest absolute Gasteiger partial charge is 0.254 e. The van der Waals surface area contributed by atoms with Crippen LogP contribution in [0.1, 0.15) is 35.3 Å². The van der Waals surface area contributed by atoms with Crippen LogP contribution < -0.4 is 9.47 Å². The Morgan fingerprint density at radius 3 is 1.76 bits per heavy atom. The van der Waals surface area contributed by atoms with Crippen molar-refractivity contribution in [3.8, 4) is 11.5 Å². The quantitative estimate of drug-likeness (QED) is 0.497. The Morgan fingerprint density at radius 1 is 0.724 bits per heavy atom. The van der Waals surface area contributed by atoms with E-state index >= 15 is 0 Å². The lowest BCUT2D eigenvalue weighted by atomic mass is 10.1. The van der Waals surface area contributed by atoms with Crippen molar-refractivity contribution in [1.82, 2.24) is 4.90 Å². The van der Waals surface area contributed by atoms with Crippen LogP contribution in [-0.2, 0) is 13.1 Å². The Morgan fingerprint density at radius 2 is 1.24 bits per heavy atom. The lowest BCUT2D eigenvalue weighted by Gasteiger charge is -2.24. The zero-order valence-corrected chi connectivity index (χ0v) is 17.0. The fourth-order valence-electron chi connectivity index (χ4n) is 3.17. The average molecular weight is 389 g/mol. The van der Waals surface area contributed by atoms with Gasteiger partial charge in [-0.15, -0.1) is 0 Å². The van der Waals surface area contributed by atoms with Gasteiger partial charge in [-0.2, -0.15) is 0 Å². The van der Waals surface area contributed by atoms with Gasteiger partial charge in [0.25, 0.3) is 5.91 Å². The van der Waals surface area contributed by atoms with E-state index in [1.165, 1.54) is 0 Å². The minimum Gasteiger partial charge on any atom is -0.490 e. The molecular formula is C25H27NO3. The van der Waals surface area contributed by atoms with Gasteiger partial charge in [0, 0.05) is 18.7 Å². The van der Waals surface area contributed by atoms with E-state index in [9.17, 15) is 4.79 Å². The van der Waals surface area contributed by atoms with E-state index in [1.54, 1.807) is 12.1 Å². The third kappa shape index (κ3) is 5.61. The molecule has 3 aromatic carbocycles. The van der Waals surface area contributed by atoms with Crippen LogP contribution in [0.2, 0.25) is 0 Å². The zero-order valence-electron chi connectivity index (χ0n) is 17.0. The summed E-state index contributed by atoms with van der Waals surface area (Å²) in [5.41, 5.74) is 2.77. The van der Waals surface area contributed by atoms with Crippen LogP contribution in [0.4, 0.5) is 0 Å². The van der Waals surface area contributed by atoms with E-state index in [-0.39, 0.29) is 5.91 Å². The van der Waals surface area contributed by atoms with Crippen molar-refractivity contribution in [2.75, 3.05) is 13.2 Å². The van der Waals surface area contributed by atoms with Crippen LogP contribution in [0.25, 0.3) is 0 Å². The van der Waals surface area contributed by atoms with Crippen LogP contribution in [0.15, 0.2) is 78.9 Å². The zero-order chi connectivity index (χ0) is 20.5. The lowest BCUT2D eigenvalue weighted by Crippen LogP contribution is -2.30. The summed E-state index contributed by atoms with van der Waals surface area (Å²) < 4.78 is 11.3. The number of benzene rings is 3. The molecule has 29 heavy (non-hydrogen) atoms. The number of ether oxygens (including phenoxy) is 2. The molecule has 0 aliphatic heterocycles. The second kappa shape index (κ2) is 10.3. The molecule has 0 fully saturated rings. The van der Waals surface area contributed by atoms with Crippen molar-refractivity contribution in [2.24, 2.45) is 0 Å². The minimum atomic E-state index is -0.0401. The van der Waals surface area contributed by atoms with Gasteiger partial charge in [0.05, 0.1) is 13.2 Å². The number of rotatable bonds is 9. The molecular weight excluding hydrogens is 362 g/mol. The van der Waals surface area contributed by atoms with Crippen LogP contribution in [0.3, 0.4) is 0 Å². The summed E-state index contributed by atoms with van der Waals surface area (Å²) in [6.07, 6.45) is 0. The SMILES string of the molecule is CCOc1ccc(C(=O)N(Cc2ccccc2)Cc2ccccc2)cc1OCC. The molecule has 0 aromatic heterocycles. The molecule has 150 valence electrons. The van der Waals surface area contributed by atoms with Gasteiger partial charge >= 0.3 is 0 Å². The van der Waals surface area contributed by atoms with Crippen molar-refractivity contribution in [1.29, 1.82) is 0 Å². The fraction of sp³-hybridized carbons (Fsp3) is 0.240. The predicted octanol–water partition coefficient (Wildman–Crippen LogP) is 5.33. The summed E-state index contributed by atoms with van der Waals surface area (Å²) in [5.74, 6) is 1.21. The number of hydrogen-bond acceptors (Lipinski definition) is 3. The van der Waals surface area contributed by atoms with Gasteiger partial charge in [-0.1, -0.05) is 60.7 Å². The molecule has 4 nitrogen and oxygen atoms in total. The molecule has 1 amide bonds. The summed E-state index contributed by atoms with van der Waals surface area (Å²) in [5, 5.41) is 0. The first-order chi connectivity index (χ1) is 14.2. The summed E-state index contributed by atoms with van der Waals surface area (Å²) in [6.45, 7) is 5.96. The van der Waals surface area contributed by atoms with Gasteiger partial charge in [-0.3, -0.25) is 4.79 Å². The van der Waals surface area contributed by atoms with Gasteiger partial charge in [-0.25, -0.2) is 0 Å². The van der Waals surface area contributed by atoms with Crippen molar-refractivity contribution in [3.63, 3.8) is 0 Å². The van der Waals surface area contributed by atoms with E-state index in [1.807, 2.05) is 85.5 Å². The van der Waals surface area contributed by atoms with Crippen molar-refractivity contribution >= 4 is 5.91 Å². The Bertz CT molecular complexity index is 868. The molecule has 0 N–H and O–H groups in total. The van der Waals surface area contributed by atoms with Gasteiger partial charge in [-0.05, 0) is 43.2 Å². The molecule has 0 aliphatic carbocycles. The molecule has 0 heterocycles. The molecule has 3 rings (SSSR count). The Kier molecular flexibility index (Phi) is 7.28. The van der Waals surface area contributed by atoms with E-state index in [4.69, 9.17) is 9.47 Å². The first-order valence-corrected chi connectivity index (χ1v) is 9.98. The maximum absolute atomic E-state index is 13.4. The van der Waals surface area contributed by atoms with Crippen molar-refractivity contribution in [3.05, 3.63) is 95.6 Å². The maximum atomic E-state index is 13.4. The minimum absolute atomic E-state index is 0.0401. The van der Waals surface area contributed by atoms with Crippen LogP contribution in [-0.4, -0.2) is 24.0 Å². The number of hydrogen-bond donors (Lipinski definition) is 0. The van der Waals surface area contributed by atoms with Gasteiger partial charge in [0.15, 0.2) is 11.5 Å². The largest absolute Gasteiger partial charge is 0.490 e. The molecule has 0 atom stereocenters. The maximum Gasteiger partial charge on any atom is 0.254 e. The monoisotopic (exact) mass is 389 g/mol. The number of carbonyl (C=O) groups excluding carboxylic acids is 1. The van der Waals surface area contributed by atoms with Crippen LogP contribution in [0, 0.1) is 0 Å². The molecule has 0 saturated carbocycles. The highest BCUT2D eigenvalue weighted by Gasteiger charge is 2.19. The standard InChI is InChI=1S/C25H27NO3/c1-3-28-23-16-15-22(17-24(23)29-4-2)25(27)26(18-20-11-7-5-8-12-20)19-21-13-9-6-10-14-21/h5-17H,3-4,18-19H2,1-2H3. The third-order valence-electron chi connectivity index (χ3n) is 4.51. The van der Waals surface area contributed by atoms with E-state index in [0.717, 1.165) is 11.1 Å². The Balaban J connectivity index is 1.89. The van der Waals surface area contributed by atoms with E-state index in [0.29, 0.717) is 43.4 Å². The van der Waals surface area contributed by atoms with E-state index < -0.39 is 0 Å². The lowest BCUT2D eigenvalue weighted by molar-refractivity contribution is 0.0729. The number of nitrogens with zero attached hydrogens (tertiary/aromatic N) is 1. The van der Waals surface area contributed by atoms with Gasteiger partial charge in [0.2, 0.25) is 0 Å². The summed E-state index contributed by atoms with van der Waals surface area (Å²) in [4.78, 5) is 15.3. The topological polar surface area (TPSA) is 38.8 Å². The highest BCUT2D eigenvalue weighted by Crippen LogP contribution is 2.29. The highest BCUT2D eigenvalue weighted by atomic mass is 16.5. The molecule has 0 saturated heterocycles. The first kappa shape index (κ1) is 20.5. The van der Waals surface area contributed by atoms with Crippen molar-refractivity contribution < 1.29 is 14.3 Å². The fourth-order valence-corrected chi connectivity index (χ4v) is 3.17. The van der Waals surface area contributed by atoms with E-state index in [2.05, 4.69) is 0 Å². The van der Waals surface area contributed by atoms with Crippen LogP contribution >= 0.6 is 0 Å². The van der Waals surface area contributed by atoms with Gasteiger partial charge in [0.1, 0.15) is 0 Å². The summed E-state index contributed by atoms with van der Waals surface area (Å²) in [7, 11) is 0. The molecule has 0 radical (unpaired) electrons. The summed E-state index contributed by atoms with van der Waals surface area (Å²) in [6, 6.07) is 25.5. The highest BCUT2D eigenvalue weighted by molar-refractivity contribution is 5.95. The second-order valence-electron chi connectivity index (χ2n) is 6.66. The number of carbonyl (C=O) groups is 1. The molecule has 0 spiro atoms. The molecule has 0 aliphatic rings. The Labute approximate surface area is 172 Å². The van der Waals surface area contributed by atoms with Crippen LogP contribution in [0.5, 0.6) is 11.5 Å². The molecule has 0 unspecified atom stereocenters. The third-order valence-corrected chi connectivity index (χ3v) is 4.51. The first-order valence-electron chi connectivity index (χ1n) is 9.98. The average Bonchev–Trinajstić information content (AvgIpc) is 2.76. The normalized spacial score (nSPS) is 10.4. The van der Waals surface area contributed by atoms with Gasteiger partial charge < -0.3 is 14.4 Å². The predicted molar refractivity (Wildman–Crippen MR) is 115 cm³/mol.